The Morgan fingerprint density at radius 3 is 2.33 bits per heavy atom. The van der Waals surface area contributed by atoms with Crippen molar-refractivity contribution in [1.29, 1.82) is 0 Å². The Hall–Kier alpha value is 0.0400. The van der Waals surface area contributed by atoms with Gasteiger partial charge < -0.3 is 0 Å². The predicted octanol–water partition coefficient (Wildman–Crippen LogP) is 1.32. The molecule has 0 bridgehead atoms. The molecule has 9 heteroatoms. The Morgan fingerprint density at radius 1 is 1.28 bits per heavy atom. The van der Waals surface area contributed by atoms with Gasteiger partial charge in [-0.3, -0.25) is 0 Å². The van der Waals surface area contributed by atoms with Crippen LogP contribution in [-0.2, 0) is 26.4 Å². The number of hydrogen-bond acceptors (Lipinski definition) is 5. The highest BCUT2D eigenvalue weighted by molar-refractivity contribution is 9.10. The number of hydrogen-bond donors (Lipinski definition) is 0. The SMILES string of the molecule is CN(Cc1cc(Br)cs1)S(=O)(=O)CCS(C)(=O)=O. The number of nitrogens with zero attached hydrogens (tertiary/aromatic N) is 1. The largest absolute Gasteiger partial charge is 0.229 e. The van der Waals surface area contributed by atoms with Crippen LogP contribution in [0.5, 0.6) is 0 Å². The maximum atomic E-state index is 11.8. The van der Waals surface area contributed by atoms with Gasteiger partial charge in [0.05, 0.1) is 11.5 Å². The zero-order chi connectivity index (χ0) is 14.0. The van der Waals surface area contributed by atoms with Crippen LogP contribution in [0, 0.1) is 0 Å². The van der Waals surface area contributed by atoms with Gasteiger partial charge in [-0.25, -0.2) is 16.8 Å². The van der Waals surface area contributed by atoms with E-state index >= 15 is 0 Å². The molecule has 1 heterocycles. The Labute approximate surface area is 120 Å². The molecule has 0 spiro atoms. The van der Waals surface area contributed by atoms with Crippen molar-refractivity contribution in [2.45, 2.75) is 6.54 Å². The lowest BCUT2D eigenvalue weighted by molar-refractivity contribution is 0.470. The highest BCUT2D eigenvalue weighted by atomic mass is 79.9. The van der Waals surface area contributed by atoms with Crippen LogP contribution in [0.15, 0.2) is 15.9 Å². The molecule has 1 rings (SSSR count). The van der Waals surface area contributed by atoms with Crippen molar-refractivity contribution < 1.29 is 16.8 Å². The van der Waals surface area contributed by atoms with Crippen LogP contribution in [0.1, 0.15) is 4.88 Å². The van der Waals surface area contributed by atoms with E-state index in [9.17, 15) is 16.8 Å². The summed E-state index contributed by atoms with van der Waals surface area (Å²) < 4.78 is 47.7. The van der Waals surface area contributed by atoms with E-state index in [0.29, 0.717) is 0 Å². The third kappa shape index (κ3) is 5.35. The number of thiophene rings is 1. The molecule has 0 radical (unpaired) electrons. The Morgan fingerprint density at radius 2 is 1.89 bits per heavy atom. The fraction of sp³-hybridized carbons (Fsp3) is 0.556. The topological polar surface area (TPSA) is 71.5 Å². The van der Waals surface area contributed by atoms with E-state index in [0.717, 1.165) is 15.6 Å². The fourth-order valence-electron chi connectivity index (χ4n) is 1.17. The van der Waals surface area contributed by atoms with Crippen LogP contribution < -0.4 is 0 Å². The first-order valence-corrected chi connectivity index (χ1v) is 10.3. The van der Waals surface area contributed by atoms with E-state index in [1.165, 1.54) is 22.7 Å². The summed E-state index contributed by atoms with van der Waals surface area (Å²) in [6.07, 6.45) is 1.03. The average molecular weight is 376 g/mol. The third-order valence-corrected chi connectivity index (χ3v) is 6.87. The van der Waals surface area contributed by atoms with Crippen molar-refractivity contribution in [2.24, 2.45) is 0 Å². The zero-order valence-electron chi connectivity index (χ0n) is 9.96. The first kappa shape index (κ1) is 16.1. The number of sulfone groups is 1. The minimum absolute atomic E-state index is 0.252. The lowest BCUT2D eigenvalue weighted by Crippen LogP contribution is -2.31. The lowest BCUT2D eigenvalue weighted by Gasteiger charge is -2.15. The van der Waals surface area contributed by atoms with Crippen molar-refractivity contribution in [2.75, 3.05) is 24.8 Å². The van der Waals surface area contributed by atoms with Crippen LogP contribution in [0.4, 0.5) is 0 Å². The molecule has 0 amide bonds. The second kappa shape index (κ2) is 6.00. The van der Waals surface area contributed by atoms with Crippen LogP contribution in [-0.4, -0.2) is 45.9 Å². The molecular formula is C9H14BrNO4S3. The normalized spacial score (nSPS) is 13.1. The standard InChI is InChI=1S/C9H14BrNO4S3/c1-11(6-9-5-8(10)7-16-9)18(14,15)4-3-17(2,12)13/h5,7H,3-4,6H2,1-2H3. The van der Waals surface area contributed by atoms with Gasteiger partial charge >= 0.3 is 0 Å². The molecule has 0 aromatic carbocycles. The molecule has 1 aromatic heterocycles. The molecule has 0 unspecified atom stereocenters. The van der Waals surface area contributed by atoms with Gasteiger partial charge in [-0.15, -0.1) is 11.3 Å². The third-order valence-electron chi connectivity index (χ3n) is 2.19. The van der Waals surface area contributed by atoms with Crippen molar-refractivity contribution in [1.82, 2.24) is 4.31 Å². The second-order valence-corrected chi connectivity index (χ2v) is 10.3. The smallest absolute Gasteiger partial charge is 0.215 e. The van der Waals surface area contributed by atoms with Crippen molar-refractivity contribution in [3.8, 4) is 0 Å². The van der Waals surface area contributed by atoms with Gasteiger partial charge in [-0.05, 0) is 22.0 Å². The molecule has 0 aliphatic carbocycles. The molecule has 0 fully saturated rings. The summed E-state index contributed by atoms with van der Waals surface area (Å²) in [6.45, 7) is 0.252. The van der Waals surface area contributed by atoms with Crippen LogP contribution in [0.25, 0.3) is 0 Å². The van der Waals surface area contributed by atoms with Gasteiger partial charge in [0.2, 0.25) is 10.0 Å². The number of sulfonamides is 1. The maximum Gasteiger partial charge on any atom is 0.215 e. The summed E-state index contributed by atoms with van der Waals surface area (Å²) in [5.41, 5.74) is 0. The Balaban J connectivity index is 2.68. The predicted molar refractivity (Wildman–Crippen MR) is 77.0 cm³/mol. The van der Waals surface area contributed by atoms with Crippen molar-refractivity contribution in [3.63, 3.8) is 0 Å². The lowest BCUT2D eigenvalue weighted by atomic mass is 10.5. The molecule has 104 valence electrons. The van der Waals surface area contributed by atoms with E-state index in [4.69, 9.17) is 0 Å². The highest BCUT2D eigenvalue weighted by Crippen LogP contribution is 2.21. The van der Waals surface area contributed by atoms with Gasteiger partial charge in [0.15, 0.2) is 0 Å². The van der Waals surface area contributed by atoms with E-state index in [-0.39, 0.29) is 18.1 Å². The summed E-state index contributed by atoms with van der Waals surface area (Å²) >= 11 is 4.74. The first-order chi connectivity index (χ1) is 8.10. The summed E-state index contributed by atoms with van der Waals surface area (Å²) in [5, 5.41) is 1.87. The molecule has 5 nitrogen and oxygen atoms in total. The molecule has 0 N–H and O–H groups in total. The summed E-state index contributed by atoms with van der Waals surface area (Å²) in [4.78, 5) is 0.896. The van der Waals surface area contributed by atoms with Crippen LogP contribution in [0.3, 0.4) is 0 Å². The number of rotatable bonds is 6. The molecule has 18 heavy (non-hydrogen) atoms. The van der Waals surface area contributed by atoms with E-state index in [2.05, 4.69) is 15.9 Å². The highest BCUT2D eigenvalue weighted by Gasteiger charge is 2.20. The minimum atomic E-state index is -3.54. The Kier molecular flexibility index (Phi) is 5.36. The average Bonchev–Trinajstić information content (AvgIpc) is 2.60. The molecule has 0 aliphatic rings. The monoisotopic (exact) mass is 375 g/mol. The zero-order valence-corrected chi connectivity index (χ0v) is 14.0. The van der Waals surface area contributed by atoms with Crippen molar-refractivity contribution in [3.05, 3.63) is 20.8 Å². The van der Waals surface area contributed by atoms with Gasteiger partial charge in [0, 0.05) is 34.6 Å². The Bertz CT molecular complexity index is 606. The van der Waals surface area contributed by atoms with E-state index < -0.39 is 19.9 Å². The second-order valence-electron chi connectivity index (χ2n) is 3.93. The van der Waals surface area contributed by atoms with Gasteiger partial charge in [-0.1, -0.05) is 0 Å². The molecular weight excluding hydrogens is 362 g/mol. The molecule has 1 aromatic rings. The molecule has 0 saturated carbocycles. The van der Waals surface area contributed by atoms with Gasteiger partial charge in [-0.2, -0.15) is 4.31 Å². The van der Waals surface area contributed by atoms with Gasteiger partial charge in [0.25, 0.3) is 0 Å². The molecule has 0 atom stereocenters. The van der Waals surface area contributed by atoms with Crippen LogP contribution >= 0.6 is 27.3 Å². The van der Waals surface area contributed by atoms with E-state index in [1.54, 1.807) is 0 Å². The number of halogens is 1. The minimum Gasteiger partial charge on any atom is -0.229 e. The van der Waals surface area contributed by atoms with Crippen LogP contribution in [0.2, 0.25) is 0 Å². The van der Waals surface area contributed by atoms with Gasteiger partial charge in [0.1, 0.15) is 9.84 Å². The summed E-state index contributed by atoms with van der Waals surface area (Å²) in [6, 6.07) is 1.84. The first-order valence-electron chi connectivity index (χ1n) is 4.95. The molecule has 0 saturated heterocycles. The quantitative estimate of drug-likeness (QED) is 0.751. The summed E-state index contributed by atoms with van der Waals surface area (Å²) in [5.74, 6) is -0.733. The van der Waals surface area contributed by atoms with Crippen molar-refractivity contribution >= 4 is 47.1 Å². The molecule has 0 aliphatic heterocycles. The summed E-state index contributed by atoms with van der Waals surface area (Å²) in [7, 11) is -5.36. The fourth-order valence-corrected chi connectivity index (χ4v) is 5.45. The van der Waals surface area contributed by atoms with E-state index in [1.807, 2.05) is 11.4 Å². The maximum absolute atomic E-state index is 11.8.